The number of rotatable bonds is 2. The summed E-state index contributed by atoms with van der Waals surface area (Å²) in [7, 11) is 0. The first kappa shape index (κ1) is 11.4. The van der Waals surface area contributed by atoms with Crippen LogP contribution in [-0.2, 0) is 0 Å². The monoisotopic (exact) mass is 240 g/mol. The van der Waals surface area contributed by atoms with Gasteiger partial charge in [0.25, 0.3) is 0 Å². The quantitative estimate of drug-likeness (QED) is 0.535. The molecule has 0 aliphatic rings. The van der Waals surface area contributed by atoms with Gasteiger partial charge in [0, 0.05) is 5.02 Å². The second-order valence-electron chi connectivity index (χ2n) is 3.34. The fourth-order valence-corrected chi connectivity index (χ4v) is 1.49. The van der Waals surface area contributed by atoms with Gasteiger partial charge >= 0.3 is 0 Å². The van der Waals surface area contributed by atoms with Gasteiger partial charge in [-0.15, -0.1) is 11.5 Å². The number of azo groups is 1. The lowest BCUT2D eigenvalue weighted by atomic mass is 10.2. The first-order valence-corrected chi connectivity index (χ1v) is 5.40. The van der Waals surface area contributed by atoms with Gasteiger partial charge in [-0.25, -0.2) is 0 Å². The fraction of sp³-hybridized carbons (Fsp3) is 0. The molecule has 2 aromatic rings. The number of nitrogens with zero attached hydrogens (tertiary/aromatic N) is 2. The molecule has 0 fully saturated rings. The van der Waals surface area contributed by atoms with E-state index < -0.39 is 0 Å². The first-order valence-electron chi connectivity index (χ1n) is 5.02. The summed E-state index contributed by atoms with van der Waals surface area (Å²) in [5.74, 6) is 2.53. The Bertz CT molecular complexity index is 583. The van der Waals surface area contributed by atoms with Crippen LogP contribution < -0.4 is 0 Å². The summed E-state index contributed by atoms with van der Waals surface area (Å²) >= 11 is 5.84. The average molecular weight is 241 g/mol. The van der Waals surface area contributed by atoms with E-state index in [1.807, 2.05) is 30.3 Å². The van der Waals surface area contributed by atoms with E-state index in [0.29, 0.717) is 16.3 Å². The van der Waals surface area contributed by atoms with Crippen LogP contribution in [0.25, 0.3) is 0 Å². The maximum absolute atomic E-state index is 5.84. The predicted molar refractivity (Wildman–Crippen MR) is 70.0 cm³/mol. The van der Waals surface area contributed by atoms with Gasteiger partial charge in [0.2, 0.25) is 0 Å². The molecular weight excluding hydrogens is 232 g/mol. The third kappa shape index (κ3) is 2.93. The number of hydrogen-bond donors (Lipinski definition) is 0. The van der Waals surface area contributed by atoms with Crippen LogP contribution in [0.3, 0.4) is 0 Å². The van der Waals surface area contributed by atoms with Crippen molar-refractivity contribution < 1.29 is 0 Å². The average Bonchev–Trinajstić information content (AvgIpc) is 2.38. The van der Waals surface area contributed by atoms with Gasteiger partial charge in [-0.05, 0) is 30.3 Å². The number of terminal acetylenes is 1. The van der Waals surface area contributed by atoms with Gasteiger partial charge in [0.15, 0.2) is 0 Å². The Labute approximate surface area is 105 Å². The van der Waals surface area contributed by atoms with Crippen LogP contribution >= 0.6 is 11.6 Å². The zero-order chi connectivity index (χ0) is 12.1. The Morgan fingerprint density at radius 1 is 1.00 bits per heavy atom. The van der Waals surface area contributed by atoms with Crippen LogP contribution in [0.4, 0.5) is 11.4 Å². The zero-order valence-corrected chi connectivity index (χ0v) is 9.72. The van der Waals surface area contributed by atoms with Crippen molar-refractivity contribution in [2.45, 2.75) is 0 Å². The minimum Gasteiger partial charge on any atom is -0.151 e. The molecule has 2 nitrogen and oxygen atoms in total. The highest BCUT2D eigenvalue weighted by atomic mass is 35.5. The molecule has 82 valence electrons. The highest BCUT2D eigenvalue weighted by Crippen LogP contribution is 2.24. The molecule has 0 unspecified atom stereocenters. The van der Waals surface area contributed by atoms with Crippen molar-refractivity contribution in [2.24, 2.45) is 10.2 Å². The molecule has 0 saturated heterocycles. The molecule has 0 atom stereocenters. The van der Waals surface area contributed by atoms with Crippen molar-refractivity contribution >= 4 is 23.0 Å². The van der Waals surface area contributed by atoms with Crippen molar-refractivity contribution in [3.8, 4) is 12.3 Å². The SMILES string of the molecule is C#Cc1cc(Cl)ccc1N=Nc1ccccc1. The molecule has 0 heterocycles. The molecule has 0 saturated carbocycles. The Hall–Kier alpha value is -2.11. The van der Waals surface area contributed by atoms with Crippen LogP contribution in [0.1, 0.15) is 5.56 Å². The normalized spacial score (nSPS) is 10.4. The lowest BCUT2D eigenvalue weighted by Gasteiger charge is -1.98. The van der Waals surface area contributed by atoms with Crippen molar-refractivity contribution in [2.75, 3.05) is 0 Å². The van der Waals surface area contributed by atoms with Crippen LogP contribution in [0.5, 0.6) is 0 Å². The zero-order valence-electron chi connectivity index (χ0n) is 8.97. The summed E-state index contributed by atoms with van der Waals surface area (Å²) in [6.07, 6.45) is 5.38. The van der Waals surface area contributed by atoms with Gasteiger partial charge in [0.1, 0.15) is 5.69 Å². The summed E-state index contributed by atoms with van der Waals surface area (Å²) in [5.41, 5.74) is 2.06. The van der Waals surface area contributed by atoms with E-state index in [9.17, 15) is 0 Å². The van der Waals surface area contributed by atoms with E-state index in [1.54, 1.807) is 18.2 Å². The van der Waals surface area contributed by atoms with Gasteiger partial charge in [-0.3, -0.25) is 0 Å². The molecule has 0 amide bonds. The maximum Gasteiger partial charge on any atom is 0.101 e. The molecule has 0 aliphatic carbocycles. The van der Waals surface area contributed by atoms with Crippen molar-refractivity contribution in [1.29, 1.82) is 0 Å². The van der Waals surface area contributed by atoms with Gasteiger partial charge in [0.05, 0.1) is 11.3 Å². The summed E-state index contributed by atoms with van der Waals surface area (Å²) < 4.78 is 0. The summed E-state index contributed by atoms with van der Waals surface area (Å²) in [5, 5.41) is 8.81. The lowest BCUT2D eigenvalue weighted by Crippen LogP contribution is -1.75. The molecule has 0 aromatic heterocycles. The smallest absolute Gasteiger partial charge is 0.101 e. The van der Waals surface area contributed by atoms with E-state index in [-0.39, 0.29) is 0 Å². The molecule has 0 bridgehead atoms. The molecule has 0 aliphatic heterocycles. The Balaban J connectivity index is 2.31. The van der Waals surface area contributed by atoms with Crippen molar-refractivity contribution in [3.63, 3.8) is 0 Å². The highest BCUT2D eigenvalue weighted by molar-refractivity contribution is 6.30. The molecular formula is C14H9ClN2. The van der Waals surface area contributed by atoms with Gasteiger partial charge in [-0.1, -0.05) is 35.7 Å². The summed E-state index contributed by atoms with van der Waals surface area (Å²) in [6, 6.07) is 14.7. The largest absolute Gasteiger partial charge is 0.151 e. The van der Waals surface area contributed by atoms with E-state index in [4.69, 9.17) is 18.0 Å². The Kier molecular flexibility index (Phi) is 3.54. The van der Waals surface area contributed by atoms with E-state index in [0.717, 1.165) is 5.69 Å². The topological polar surface area (TPSA) is 24.7 Å². The molecule has 0 radical (unpaired) electrons. The van der Waals surface area contributed by atoms with E-state index >= 15 is 0 Å². The number of benzene rings is 2. The van der Waals surface area contributed by atoms with Crippen LogP contribution in [0.15, 0.2) is 58.8 Å². The molecule has 2 aromatic carbocycles. The highest BCUT2D eigenvalue weighted by Gasteiger charge is 1.99. The maximum atomic E-state index is 5.84. The molecule has 17 heavy (non-hydrogen) atoms. The minimum absolute atomic E-state index is 0.594. The van der Waals surface area contributed by atoms with Crippen LogP contribution in [0.2, 0.25) is 5.02 Å². The lowest BCUT2D eigenvalue weighted by molar-refractivity contribution is 1.23. The second kappa shape index (κ2) is 5.29. The van der Waals surface area contributed by atoms with E-state index in [2.05, 4.69) is 16.1 Å². The standard InChI is InChI=1S/C14H9ClN2/c1-2-11-10-12(15)8-9-14(11)17-16-13-6-4-3-5-7-13/h1,3-10H. The summed E-state index contributed by atoms with van der Waals surface area (Å²) in [4.78, 5) is 0. The fourth-order valence-electron chi connectivity index (χ4n) is 1.32. The minimum atomic E-state index is 0.594. The number of hydrogen-bond acceptors (Lipinski definition) is 2. The molecule has 0 spiro atoms. The third-order valence-electron chi connectivity index (χ3n) is 2.14. The second-order valence-corrected chi connectivity index (χ2v) is 3.78. The van der Waals surface area contributed by atoms with Crippen molar-refractivity contribution in [3.05, 3.63) is 59.1 Å². The molecule has 0 N–H and O–H groups in total. The van der Waals surface area contributed by atoms with E-state index in [1.165, 1.54) is 0 Å². The van der Waals surface area contributed by atoms with Gasteiger partial charge in [-0.2, -0.15) is 5.11 Å². The number of halogens is 1. The molecule has 2 rings (SSSR count). The third-order valence-corrected chi connectivity index (χ3v) is 2.38. The predicted octanol–water partition coefficient (Wildman–Crippen LogP) is 4.74. The van der Waals surface area contributed by atoms with Gasteiger partial charge < -0.3 is 0 Å². The summed E-state index contributed by atoms with van der Waals surface area (Å²) in [6.45, 7) is 0. The van der Waals surface area contributed by atoms with Crippen LogP contribution in [0, 0.1) is 12.3 Å². The molecule has 3 heteroatoms. The Morgan fingerprint density at radius 2 is 1.76 bits per heavy atom. The van der Waals surface area contributed by atoms with Crippen molar-refractivity contribution in [1.82, 2.24) is 0 Å². The van der Waals surface area contributed by atoms with Crippen LogP contribution in [-0.4, -0.2) is 0 Å². The first-order chi connectivity index (χ1) is 8.29. The Morgan fingerprint density at radius 3 is 2.47 bits per heavy atom.